The maximum atomic E-state index is 5.82. The number of anilines is 1. The summed E-state index contributed by atoms with van der Waals surface area (Å²) in [5, 5.41) is 0.389. The third-order valence-corrected chi connectivity index (χ3v) is 6.06. The summed E-state index contributed by atoms with van der Waals surface area (Å²) in [7, 11) is 0. The molecule has 3 rings (SSSR count). The van der Waals surface area contributed by atoms with Gasteiger partial charge in [0.25, 0.3) is 0 Å². The molecular formula is C21H27NO2S. The molecule has 0 bridgehead atoms. The van der Waals surface area contributed by atoms with Gasteiger partial charge in [0, 0.05) is 24.2 Å². The van der Waals surface area contributed by atoms with Crippen molar-refractivity contribution in [3.63, 3.8) is 0 Å². The molecule has 4 heteroatoms. The normalized spacial score (nSPS) is 19.9. The first-order valence-electron chi connectivity index (χ1n) is 9.05. The van der Waals surface area contributed by atoms with Crippen molar-refractivity contribution in [3.05, 3.63) is 60.2 Å². The van der Waals surface area contributed by atoms with E-state index in [0.717, 1.165) is 6.54 Å². The molecule has 1 heterocycles. The van der Waals surface area contributed by atoms with E-state index in [-0.39, 0.29) is 6.29 Å². The van der Waals surface area contributed by atoms with Gasteiger partial charge in [-0.25, -0.2) is 0 Å². The van der Waals surface area contributed by atoms with Crippen molar-refractivity contribution >= 4 is 17.4 Å². The number of thioether (sulfide) groups is 1. The number of ether oxygens (including phenoxy) is 2. The van der Waals surface area contributed by atoms with Gasteiger partial charge in [-0.05, 0) is 38.5 Å². The minimum absolute atomic E-state index is 0.204. The van der Waals surface area contributed by atoms with Crippen LogP contribution in [0.4, 0.5) is 5.69 Å². The highest BCUT2D eigenvalue weighted by molar-refractivity contribution is 7.99. The summed E-state index contributed by atoms with van der Waals surface area (Å²) >= 11 is 1.95. The van der Waals surface area contributed by atoms with Crippen LogP contribution in [0.5, 0.6) is 0 Å². The third kappa shape index (κ3) is 4.20. The molecule has 0 fully saturated rings. The second-order valence-corrected chi connectivity index (χ2v) is 7.33. The Hall–Kier alpha value is -1.49. The molecule has 0 aliphatic carbocycles. The average Bonchev–Trinajstić information content (AvgIpc) is 2.65. The molecule has 0 unspecified atom stereocenters. The zero-order chi connectivity index (χ0) is 17.6. The van der Waals surface area contributed by atoms with Crippen LogP contribution in [-0.2, 0) is 9.47 Å². The summed E-state index contributed by atoms with van der Waals surface area (Å²) in [5.41, 5.74) is 2.64. The molecule has 1 aliphatic rings. The summed E-state index contributed by atoms with van der Waals surface area (Å²) in [5.74, 6) is 0. The standard InChI is InChI=1S/C21H27NO2S/c1-4-23-20(24-5-2)15-22-16(3)21(17-11-7-6-8-12-17)25-19-14-10-9-13-18(19)22/h6-14,16,20-21H,4-5,15H2,1-3H3/t16-,21-/m1/s1. The Morgan fingerprint density at radius 3 is 2.28 bits per heavy atom. The van der Waals surface area contributed by atoms with E-state index in [4.69, 9.17) is 9.47 Å². The summed E-state index contributed by atoms with van der Waals surface area (Å²) in [6.07, 6.45) is -0.204. The monoisotopic (exact) mass is 357 g/mol. The van der Waals surface area contributed by atoms with Crippen LogP contribution >= 0.6 is 11.8 Å². The van der Waals surface area contributed by atoms with Gasteiger partial charge in [-0.1, -0.05) is 42.5 Å². The van der Waals surface area contributed by atoms with Crippen LogP contribution in [0, 0.1) is 0 Å². The van der Waals surface area contributed by atoms with Gasteiger partial charge < -0.3 is 14.4 Å². The van der Waals surface area contributed by atoms with E-state index in [1.165, 1.54) is 16.1 Å². The fourth-order valence-electron chi connectivity index (χ4n) is 3.35. The molecule has 0 aromatic heterocycles. The molecule has 0 amide bonds. The van der Waals surface area contributed by atoms with Crippen LogP contribution in [0.15, 0.2) is 59.5 Å². The predicted octanol–water partition coefficient (Wildman–Crippen LogP) is 5.13. The average molecular weight is 358 g/mol. The van der Waals surface area contributed by atoms with Gasteiger partial charge in [0.05, 0.1) is 17.5 Å². The topological polar surface area (TPSA) is 21.7 Å². The van der Waals surface area contributed by atoms with E-state index in [1.807, 2.05) is 25.6 Å². The van der Waals surface area contributed by atoms with E-state index in [1.54, 1.807) is 0 Å². The third-order valence-electron chi connectivity index (χ3n) is 4.54. The van der Waals surface area contributed by atoms with Crippen molar-refractivity contribution in [2.75, 3.05) is 24.7 Å². The van der Waals surface area contributed by atoms with Crippen LogP contribution in [0.2, 0.25) is 0 Å². The molecule has 0 radical (unpaired) electrons. The Labute approximate surface area is 155 Å². The maximum Gasteiger partial charge on any atom is 0.174 e. The Morgan fingerprint density at radius 1 is 0.960 bits per heavy atom. The lowest BCUT2D eigenvalue weighted by Crippen LogP contribution is -2.45. The molecule has 2 aromatic rings. The first-order valence-corrected chi connectivity index (χ1v) is 9.93. The lowest BCUT2D eigenvalue weighted by atomic mass is 10.0. The van der Waals surface area contributed by atoms with Crippen LogP contribution in [0.3, 0.4) is 0 Å². The number of fused-ring (bicyclic) bond motifs is 1. The number of hydrogen-bond acceptors (Lipinski definition) is 4. The highest BCUT2D eigenvalue weighted by Crippen LogP contribution is 2.49. The van der Waals surface area contributed by atoms with E-state index >= 15 is 0 Å². The molecule has 0 spiro atoms. The molecule has 2 aromatic carbocycles. The Kier molecular flexibility index (Phi) is 6.40. The lowest BCUT2D eigenvalue weighted by Gasteiger charge is -2.43. The first-order chi connectivity index (χ1) is 12.2. The highest BCUT2D eigenvalue weighted by atomic mass is 32.2. The minimum atomic E-state index is -0.204. The van der Waals surface area contributed by atoms with Gasteiger partial charge in [0.1, 0.15) is 0 Å². The smallest absolute Gasteiger partial charge is 0.174 e. The summed E-state index contributed by atoms with van der Waals surface area (Å²) in [6.45, 7) is 8.39. The molecule has 0 N–H and O–H groups in total. The van der Waals surface area contributed by atoms with Gasteiger partial charge in [-0.2, -0.15) is 0 Å². The summed E-state index contributed by atoms with van der Waals surface area (Å²) in [4.78, 5) is 3.76. The summed E-state index contributed by atoms with van der Waals surface area (Å²) < 4.78 is 11.6. The van der Waals surface area contributed by atoms with Gasteiger partial charge in [0.2, 0.25) is 0 Å². The van der Waals surface area contributed by atoms with E-state index in [0.29, 0.717) is 24.5 Å². The van der Waals surface area contributed by atoms with E-state index in [2.05, 4.69) is 66.4 Å². The molecule has 0 saturated carbocycles. The van der Waals surface area contributed by atoms with E-state index < -0.39 is 0 Å². The van der Waals surface area contributed by atoms with Crippen LogP contribution in [0.1, 0.15) is 31.6 Å². The lowest BCUT2D eigenvalue weighted by molar-refractivity contribution is -0.130. The molecule has 3 nitrogen and oxygen atoms in total. The quantitative estimate of drug-likeness (QED) is 0.641. The van der Waals surface area contributed by atoms with Gasteiger partial charge in [0.15, 0.2) is 6.29 Å². The predicted molar refractivity (Wildman–Crippen MR) is 105 cm³/mol. The second-order valence-electron chi connectivity index (χ2n) is 6.15. The molecule has 134 valence electrons. The number of nitrogens with zero attached hydrogens (tertiary/aromatic N) is 1. The van der Waals surface area contributed by atoms with Crippen molar-refractivity contribution in [2.45, 2.75) is 43.2 Å². The van der Waals surface area contributed by atoms with Gasteiger partial charge in [-0.3, -0.25) is 0 Å². The number of para-hydroxylation sites is 1. The maximum absolute atomic E-state index is 5.82. The SMILES string of the molecule is CCOC(CN1c2ccccc2S[C@@H](c2ccccc2)[C@H]1C)OCC. The van der Waals surface area contributed by atoms with E-state index in [9.17, 15) is 0 Å². The number of benzene rings is 2. The number of rotatable bonds is 7. The fourth-order valence-corrected chi connectivity index (χ4v) is 4.73. The van der Waals surface area contributed by atoms with Crippen molar-refractivity contribution in [2.24, 2.45) is 0 Å². The van der Waals surface area contributed by atoms with Crippen molar-refractivity contribution in [1.82, 2.24) is 0 Å². The zero-order valence-electron chi connectivity index (χ0n) is 15.2. The fraction of sp³-hybridized carbons (Fsp3) is 0.429. The summed E-state index contributed by atoms with van der Waals surface area (Å²) in [6, 6.07) is 19.8. The van der Waals surface area contributed by atoms with Gasteiger partial charge >= 0.3 is 0 Å². The molecule has 0 saturated heterocycles. The van der Waals surface area contributed by atoms with Crippen LogP contribution < -0.4 is 4.90 Å². The Morgan fingerprint density at radius 2 is 1.60 bits per heavy atom. The molecule has 25 heavy (non-hydrogen) atoms. The molecule has 2 atom stereocenters. The van der Waals surface area contributed by atoms with Gasteiger partial charge in [-0.15, -0.1) is 11.8 Å². The van der Waals surface area contributed by atoms with Crippen molar-refractivity contribution in [3.8, 4) is 0 Å². The molecule has 1 aliphatic heterocycles. The second kappa shape index (κ2) is 8.75. The largest absolute Gasteiger partial charge is 0.361 e. The van der Waals surface area contributed by atoms with Crippen LogP contribution in [0.25, 0.3) is 0 Å². The Bertz CT molecular complexity index is 658. The highest BCUT2D eigenvalue weighted by Gasteiger charge is 2.34. The van der Waals surface area contributed by atoms with Crippen LogP contribution in [-0.4, -0.2) is 32.1 Å². The molecular weight excluding hydrogens is 330 g/mol. The number of hydrogen-bond donors (Lipinski definition) is 0. The first kappa shape index (κ1) is 18.3. The zero-order valence-corrected chi connectivity index (χ0v) is 16.0. The minimum Gasteiger partial charge on any atom is -0.361 e. The van der Waals surface area contributed by atoms with Crippen molar-refractivity contribution in [1.29, 1.82) is 0 Å². The Balaban J connectivity index is 1.91. The van der Waals surface area contributed by atoms with Crippen molar-refractivity contribution < 1.29 is 9.47 Å².